The predicted octanol–water partition coefficient (Wildman–Crippen LogP) is 2.21. The summed E-state index contributed by atoms with van der Waals surface area (Å²) in [6.07, 6.45) is 0.688. The van der Waals surface area contributed by atoms with Gasteiger partial charge in [-0.2, -0.15) is 0 Å². The van der Waals surface area contributed by atoms with Gasteiger partial charge in [-0.05, 0) is 25.0 Å². The van der Waals surface area contributed by atoms with Crippen LogP contribution in [-0.4, -0.2) is 69.9 Å². The molecule has 2 atom stereocenters. The molecule has 1 aromatic heterocycles. The fourth-order valence-corrected chi connectivity index (χ4v) is 4.75. The molecule has 158 valence electrons. The highest BCUT2D eigenvalue weighted by Crippen LogP contribution is 2.29. The highest BCUT2D eigenvalue weighted by molar-refractivity contribution is 7.15. The molecule has 3 amide bonds. The number of aryl methyl sites for hydroxylation is 1. The summed E-state index contributed by atoms with van der Waals surface area (Å²) in [7, 11) is 0. The summed E-state index contributed by atoms with van der Waals surface area (Å²) >= 11 is 1.54. The van der Waals surface area contributed by atoms with Gasteiger partial charge in [0.2, 0.25) is 11.0 Å². The number of hydrogen-bond acceptors (Lipinski definition) is 7. The van der Waals surface area contributed by atoms with E-state index in [0.717, 1.165) is 10.1 Å². The molecule has 0 saturated carbocycles. The van der Waals surface area contributed by atoms with Gasteiger partial charge >= 0.3 is 0 Å². The van der Waals surface area contributed by atoms with Crippen molar-refractivity contribution in [1.82, 2.24) is 20.0 Å². The van der Waals surface area contributed by atoms with Gasteiger partial charge in [-0.1, -0.05) is 43.7 Å². The maximum Gasteiger partial charge on any atom is 0.262 e. The van der Waals surface area contributed by atoms with E-state index in [4.69, 9.17) is 0 Å². The summed E-state index contributed by atoms with van der Waals surface area (Å²) in [6, 6.07) is 5.98. The van der Waals surface area contributed by atoms with Gasteiger partial charge in [0.05, 0.1) is 11.1 Å². The Kier molecular flexibility index (Phi) is 5.55. The first kappa shape index (κ1) is 20.5. The van der Waals surface area contributed by atoms with Gasteiger partial charge in [0.1, 0.15) is 11.0 Å². The van der Waals surface area contributed by atoms with E-state index in [1.165, 1.54) is 16.2 Å². The number of carbonyl (C=O) groups excluding carboxylic acids is 3. The molecule has 0 bridgehead atoms. The number of amides is 3. The van der Waals surface area contributed by atoms with Gasteiger partial charge in [0, 0.05) is 26.2 Å². The number of carbonyl (C=O) groups is 3. The van der Waals surface area contributed by atoms with Crippen LogP contribution in [-0.2, 0) is 4.79 Å². The summed E-state index contributed by atoms with van der Waals surface area (Å²) < 4.78 is 0. The van der Waals surface area contributed by atoms with Crippen LogP contribution in [0.5, 0.6) is 0 Å². The fourth-order valence-electron chi connectivity index (χ4n) is 4.01. The van der Waals surface area contributed by atoms with E-state index >= 15 is 0 Å². The van der Waals surface area contributed by atoms with Crippen LogP contribution in [0.3, 0.4) is 0 Å². The van der Waals surface area contributed by atoms with E-state index in [0.29, 0.717) is 43.7 Å². The van der Waals surface area contributed by atoms with Crippen LogP contribution in [0.25, 0.3) is 0 Å². The molecule has 0 N–H and O–H groups in total. The average molecular weight is 428 g/mol. The molecule has 4 rings (SSSR count). The van der Waals surface area contributed by atoms with E-state index in [9.17, 15) is 14.4 Å². The first-order valence-corrected chi connectivity index (χ1v) is 11.0. The second kappa shape index (κ2) is 8.14. The minimum Gasteiger partial charge on any atom is -0.343 e. The normalized spacial score (nSPS) is 18.6. The Morgan fingerprint density at radius 1 is 1.07 bits per heavy atom. The van der Waals surface area contributed by atoms with Crippen LogP contribution in [0.15, 0.2) is 24.3 Å². The van der Waals surface area contributed by atoms with Crippen molar-refractivity contribution in [3.8, 4) is 0 Å². The second-order valence-corrected chi connectivity index (χ2v) is 8.93. The number of nitrogens with zero attached hydrogens (tertiary/aromatic N) is 5. The predicted molar refractivity (Wildman–Crippen MR) is 114 cm³/mol. The standard InChI is InChI=1S/C21H25N5O3S/c1-4-13(2)17(26-18(27)15-7-5-6-8-16(15)19(26)28)20(29)24-9-11-25(12-10-24)21-23-22-14(3)30-21/h5-8,13,17H,4,9-12H2,1-3H3. The van der Waals surface area contributed by atoms with Crippen LogP contribution in [0, 0.1) is 12.8 Å². The summed E-state index contributed by atoms with van der Waals surface area (Å²) in [6.45, 7) is 8.15. The van der Waals surface area contributed by atoms with Gasteiger partial charge in [-0.25, -0.2) is 0 Å². The third-order valence-corrected chi connectivity index (χ3v) is 6.82. The molecule has 1 aromatic carbocycles. The van der Waals surface area contributed by atoms with Gasteiger partial charge in [-0.3, -0.25) is 19.3 Å². The number of rotatable bonds is 5. The highest BCUT2D eigenvalue weighted by atomic mass is 32.1. The molecule has 30 heavy (non-hydrogen) atoms. The van der Waals surface area contributed by atoms with Crippen LogP contribution in [0.2, 0.25) is 0 Å². The molecule has 3 heterocycles. The van der Waals surface area contributed by atoms with E-state index < -0.39 is 6.04 Å². The van der Waals surface area contributed by atoms with Gasteiger partial charge < -0.3 is 9.80 Å². The minimum atomic E-state index is -0.794. The van der Waals surface area contributed by atoms with E-state index in [2.05, 4.69) is 15.1 Å². The maximum absolute atomic E-state index is 13.5. The number of hydrogen-bond donors (Lipinski definition) is 0. The Morgan fingerprint density at radius 2 is 1.67 bits per heavy atom. The second-order valence-electron chi connectivity index (χ2n) is 7.77. The van der Waals surface area contributed by atoms with Crippen molar-refractivity contribution in [2.45, 2.75) is 33.2 Å². The third kappa shape index (κ3) is 3.47. The van der Waals surface area contributed by atoms with Crippen molar-refractivity contribution in [2.75, 3.05) is 31.1 Å². The lowest BCUT2D eigenvalue weighted by molar-refractivity contribution is -0.137. The summed E-state index contributed by atoms with van der Waals surface area (Å²) in [5, 5.41) is 10.0. The molecular weight excluding hydrogens is 402 g/mol. The zero-order valence-corrected chi connectivity index (χ0v) is 18.2. The molecule has 2 aliphatic rings. The minimum absolute atomic E-state index is 0.136. The van der Waals surface area contributed by atoms with Crippen LogP contribution in [0.1, 0.15) is 46.0 Å². The molecule has 2 aromatic rings. The average Bonchev–Trinajstić information content (AvgIpc) is 3.31. The number of benzene rings is 1. The Balaban J connectivity index is 1.53. The molecule has 8 nitrogen and oxygen atoms in total. The highest BCUT2D eigenvalue weighted by Gasteiger charge is 2.46. The van der Waals surface area contributed by atoms with Crippen LogP contribution >= 0.6 is 11.3 Å². The number of anilines is 1. The van der Waals surface area contributed by atoms with Crippen LogP contribution in [0.4, 0.5) is 5.13 Å². The maximum atomic E-state index is 13.5. The lowest BCUT2D eigenvalue weighted by atomic mass is 9.95. The lowest BCUT2D eigenvalue weighted by Crippen LogP contribution is -2.58. The zero-order valence-electron chi connectivity index (χ0n) is 17.4. The SMILES string of the molecule is CCC(C)C(C(=O)N1CCN(c2nnc(C)s2)CC1)N1C(=O)c2ccccc2C1=O. The van der Waals surface area contributed by atoms with Crippen molar-refractivity contribution in [1.29, 1.82) is 0 Å². The Morgan fingerprint density at radius 3 is 2.17 bits per heavy atom. The summed E-state index contributed by atoms with van der Waals surface area (Å²) in [5.41, 5.74) is 0.750. The van der Waals surface area contributed by atoms with Crippen molar-refractivity contribution in [3.63, 3.8) is 0 Å². The van der Waals surface area contributed by atoms with E-state index in [1.807, 2.05) is 20.8 Å². The van der Waals surface area contributed by atoms with Crippen molar-refractivity contribution < 1.29 is 14.4 Å². The molecule has 0 aliphatic carbocycles. The molecule has 0 radical (unpaired) electrons. The number of piperazine rings is 1. The number of imide groups is 1. The quantitative estimate of drug-likeness (QED) is 0.680. The number of aromatic nitrogens is 2. The molecule has 0 spiro atoms. The molecule has 1 fully saturated rings. The van der Waals surface area contributed by atoms with Crippen molar-refractivity contribution >= 4 is 34.2 Å². The van der Waals surface area contributed by atoms with Crippen molar-refractivity contribution in [2.24, 2.45) is 5.92 Å². The molecule has 2 aliphatic heterocycles. The van der Waals surface area contributed by atoms with E-state index in [1.54, 1.807) is 29.2 Å². The van der Waals surface area contributed by atoms with Crippen LogP contribution < -0.4 is 4.90 Å². The zero-order chi connectivity index (χ0) is 21.4. The Labute approximate surface area is 179 Å². The molecule has 9 heteroatoms. The topological polar surface area (TPSA) is 86.7 Å². The van der Waals surface area contributed by atoms with E-state index in [-0.39, 0.29) is 23.6 Å². The van der Waals surface area contributed by atoms with Gasteiger partial charge in [0.25, 0.3) is 11.8 Å². The molecular formula is C21H25N5O3S. The lowest BCUT2D eigenvalue weighted by Gasteiger charge is -2.39. The first-order chi connectivity index (χ1) is 14.4. The largest absolute Gasteiger partial charge is 0.343 e. The third-order valence-electron chi connectivity index (χ3n) is 5.92. The fraction of sp³-hybridized carbons (Fsp3) is 0.476. The Hall–Kier alpha value is -2.81. The van der Waals surface area contributed by atoms with Gasteiger partial charge in [-0.15, -0.1) is 10.2 Å². The monoisotopic (exact) mass is 427 g/mol. The summed E-state index contributed by atoms with van der Waals surface area (Å²) in [4.78, 5) is 44.6. The van der Waals surface area contributed by atoms with Gasteiger partial charge in [0.15, 0.2) is 0 Å². The Bertz CT molecular complexity index is 948. The summed E-state index contributed by atoms with van der Waals surface area (Å²) in [5.74, 6) is -1.05. The number of fused-ring (bicyclic) bond motifs is 1. The molecule has 1 saturated heterocycles. The van der Waals surface area contributed by atoms with Crippen molar-refractivity contribution in [3.05, 3.63) is 40.4 Å². The first-order valence-electron chi connectivity index (χ1n) is 10.2. The molecule has 2 unspecified atom stereocenters. The smallest absolute Gasteiger partial charge is 0.262 e.